The smallest absolute Gasteiger partial charge is 0.322 e. The molecule has 3 heterocycles. The summed E-state index contributed by atoms with van der Waals surface area (Å²) in [7, 11) is 0. The van der Waals surface area contributed by atoms with Gasteiger partial charge < -0.3 is 20.3 Å². The molecule has 29 heavy (non-hydrogen) atoms. The van der Waals surface area contributed by atoms with Crippen LogP contribution in [0.15, 0.2) is 24.4 Å². The lowest BCUT2D eigenvalue weighted by molar-refractivity contribution is 0.0924. The number of benzene rings is 1. The maximum atomic E-state index is 13.4. The number of rotatable bonds is 3. The Morgan fingerprint density at radius 1 is 1.28 bits per heavy atom. The van der Waals surface area contributed by atoms with Crippen LogP contribution >= 0.6 is 0 Å². The van der Waals surface area contributed by atoms with Crippen LogP contribution in [0.1, 0.15) is 29.4 Å². The van der Waals surface area contributed by atoms with Crippen LogP contribution in [0.2, 0.25) is 0 Å². The molecule has 2 atom stereocenters. The monoisotopic (exact) mass is 405 g/mol. The minimum atomic E-state index is -1.04. The third-order valence-corrected chi connectivity index (χ3v) is 5.18. The van der Waals surface area contributed by atoms with Gasteiger partial charge in [-0.15, -0.1) is 0 Å². The van der Waals surface area contributed by atoms with Crippen LogP contribution in [0, 0.1) is 11.6 Å². The van der Waals surface area contributed by atoms with Crippen LogP contribution < -0.4 is 10.6 Å². The van der Waals surface area contributed by atoms with Gasteiger partial charge in [-0.3, -0.25) is 9.48 Å². The number of carbonyl (C=O) groups excluding carboxylic acids is 2. The first-order chi connectivity index (χ1) is 13.9. The summed E-state index contributed by atoms with van der Waals surface area (Å²) < 4.78 is 33.5. The van der Waals surface area contributed by atoms with E-state index in [1.54, 1.807) is 4.68 Å². The molecule has 0 spiro atoms. The molecule has 1 aromatic carbocycles. The van der Waals surface area contributed by atoms with E-state index >= 15 is 0 Å². The predicted octanol–water partition coefficient (Wildman–Crippen LogP) is 2.12. The highest BCUT2D eigenvalue weighted by Gasteiger charge is 2.32. The molecule has 1 aromatic heterocycles. The standard InChI is InChI=1S/C19H21F2N5O3/c1-11-8-26-17(14(7-22-26)18(27)23-13-4-5-29-10-13)9-25(11)19(28)24-12-2-3-15(20)16(21)6-12/h2-3,6-7,11,13H,4-5,8-10H2,1H3,(H,23,27)(H,24,28)/t11-,13+/m1/s1. The second kappa shape index (κ2) is 7.78. The first-order valence-corrected chi connectivity index (χ1v) is 9.38. The van der Waals surface area contributed by atoms with Gasteiger partial charge >= 0.3 is 6.03 Å². The number of amides is 3. The third-order valence-electron chi connectivity index (χ3n) is 5.18. The number of hydrogen-bond acceptors (Lipinski definition) is 4. The number of fused-ring (bicyclic) bond motifs is 1. The SMILES string of the molecule is C[C@@H]1Cn2ncc(C(=O)N[C@H]3CCOC3)c2CN1C(=O)Nc1ccc(F)c(F)c1. The van der Waals surface area contributed by atoms with Gasteiger partial charge in [0.15, 0.2) is 11.6 Å². The van der Waals surface area contributed by atoms with Gasteiger partial charge in [-0.05, 0) is 25.5 Å². The Balaban J connectivity index is 1.49. The highest BCUT2D eigenvalue weighted by atomic mass is 19.2. The number of carbonyl (C=O) groups is 2. The fourth-order valence-electron chi connectivity index (χ4n) is 3.54. The summed E-state index contributed by atoms with van der Waals surface area (Å²) in [6, 6.07) is 2.47. The number of anilines is 1. The minimum Gasteiger partial charge on any atom is -0.379 e. The van der Waals surface area contributed by atoms with Crippen LogP contribution in [-0.2, 0) is 17.8 Å². The van der Waals surface area contributed by atoms with E-state index in [0.29, 0.717) is 31.0 Å². The van der Waals surface area contributed by atoms with Crippen molar-refractivity contribution >= 4 is 17.6 Å². The molecular weight excluding hydrogens is 384 g/mol. The lowest BCUT2D eigenvalue weighted by atomic mass is 10.1. The summed E-state index contributed by atoms with van der Waals surface area (Å²) in [5.41, 5.74) is 1.19. The maximum absolute atomic E-state index is 13.4. The van der Waals surface area contributed by atoms with E-state index in [0.717, 1.165) is 18.6 Å². The zero-order chi connectivity index (χ0) is 20.5. The Kier molecular flexibility index (Phi) is 5.18. The zero-order valence-electron chi connectivity index (χ0n) is 15.8. The van der Waals surface area contributed by atoms with Crippen LogP contribution in [0.3, 0.4) is 0 Å². The molecule has 10 heteroatoms. The van der Waals surface area contributed by atoms with Crippen LogP contribution in [0.4, 0.5) is 19.3 Å². The Labute approximate surface area is 165 Å². The summed E-state index contributed by atoms with van der Waals surface area (Å²) in [6.45, 7) is 3.54. The highest BCUT2D eigenvalue weighted by Crippen LogP contribution is 2.22. The van der Waals surface area contributed by atoms with E-state index in [1.165, 1.54) is 17.2 Å². The average Bonchev–Trinajstić information content (AvgIpc) is 3.33. The molecule has 0 bridgehead atoms. The Morgan fingerprint density at radius 2 is 2.10 bits per heavy atom. The molecule has 2 aliphatic heterocycles. The third kappa shape index (κ3) is 3.93. The summed E-state index contributed by atoms with van der Waals surface area (Å²) in [4.78, 5) is 26.9. The van der Waals surface area contributed by atoms with Crippen molar-refractivity contribution < 1.29 is 23.1 Å². The molecule has 4 rings (SSSR count). The molecule has 0 aliphatic carbocycles. The molecule has 0 unspecified atom stereocenters. The average molecular weight is 405 g/mol. The maximum Gasteiger partial charge on any atom is 0.322 e. The first kappa shape index (κ1) is 19.3. The zero-order valence-corrected chi connectivity index (χ0v) is 15.8. The van der Waals surface area contributed by atoms with Gasteiger partial charge in [0.1, 0.15) is 0 Å². The van der Waals surface area contributed by atoms with Gasteiger partial charge in [-0.2, -0.15) is 5.10 Å². The number of urea groups is 1. The van der Waals surface area contributed by atoms with Crippen LogP contribution in [-0.4, -0.2) is 51.9 Å². The van der Waals surface area contributed by atoms with Crippen LogP contribution in [0.5, 0.6) is 0 Å². The molecule has 2 aromatic rings. The molecule has 0 saturated carbocycles. The number of hydrogen-bond donors (Lipinski definition) is 2. The van der Waals surface area contributed by atoms with Crippen molar-refractivity contribution in [2.24, 2.45) is 0 Å². The van der Waals surface area contributed by atoms with Crippen molar-refractivity contribution in [3.63, 3.8) is 0 Å². The van der Waals surface area contributed by atoms with Crippen molar-refractivity contribution in [3.8, 4) is 0 Å². The van der Waals surface area contributed by atoms with Crippen molar-refractivity contribution in [1.29, 1.82) is 0 Å². The number of aromatic nitrogens is 2. The number of nitrogens with one attached hydrogen (secondary N) is 2. The number of ether oxygens (including phenoxy) is 1. The fraction of sp³-hybridized carbons (Fsp3) is 0.421. The number of halogens is 2. The molecule has 154 valence electrons. The van der Waals surface area contributed by atoms with E-state index < -0.39 is 17.7 Å². The van der Waals surface area contributed by atoms with Crippen LogP contribution in [0.25, 0.3) is 0 Å². The quantitative estimate of drug-likeness (QED) is 0.819. The van der Waals surface area contributed by atoms with Gasteiger partial charge in [0, 0.05) is 18.4 Å². The van der Waals surface area contributed by atoms with E-state index in [4.69, 9.17) is 4.74 Å². The summed E-state index contributed by atoms with van der Waals surface area (Å²) in [5, 5.41) is 9.78. The van der Waals surface area contributed by atoms with E-state index in [1.807, 2.05) is 6.92 Å². The van der Waals surface area contributed by atoms with Gasteiger partial charge in [-0.1, -0.05) is 0 Å². The molecule has 3 amide bonds. The van der Waals surface area contributed by atoms with E-state index in [-0.39, 0.29) is 30.2 Å². The molecule has 1 fully saturated rings. The lowest BCUT2D eigenvalue weighted by Gasteiger charge is -2.34. The molecule has 1 saturated heterocycles. The van der Waals surface area contributed by atoms with Crippen molar-refractivity contribution in [2.75, 3.05) is 18.5 Å². The van der Waals surface area contributed by atoms with Gasteiger partial charge in [0.05, 0.1) is 49.2 Å². The van der Waals surface area contributed by atoms with Gasteiger partial charge in [0.2, 0.25) is 0 Å². The normalized spacial score (nSPS) is 21.0. The lowest BCUT2D eigenvalue weighted by Crippen LogP contribution is -2.47. The number of nitrogens with zero attached hydrogens (tertiary/aromatic N) is 3. The van der Waals surface area contributed by atoms with Gasteiger partial charge in [-0.25, -0.2) is 13.6 Å². The second-order valence-electron chi connectivity index (χ2n) is 7.26. The van der Waals surface area contributed by atoms with Crippen molar-refractivity contribution in [3.05, 3.63) is 47.3 Å². The van der Waals surface area contributed by atoms with E-state index in [2.05, 4.69) is 15.7 Å². The largest absolute Gasteiger partial charge is 0.379 e. The fourth-order valence-corrected chi connectivity index (χ4v) is 3.54. The topological polar surface area (TPSA) is 88.5 Å². The van der Waals surface area contributed by atoms with E-state index in [9.17, 15) is 18.4 Å². The summed E-state index contributed by atoms with van der Waals surface area (Å²) >= 11 is 0. The molecule has 2 aliphatic rings. The molecule has 8 nitrogen and oxygen atoms in total. The predicted molar refractivity (Wildman–Crippen MR) is 99.3 cm³/mol. The second-order valence-corrected chi connectivity index (χ2v) is 7.26. The summed E-state index contributed by atoms with van der Waals surface area (Å²) in [6.07, 6.45) is 2.26. The first-order valence-electron chi connectivity index (χ1n) is 9.38. The molecule has 2 N–H and O–H groups in total. The Bertz CT molecular complexity index is 942. The van der Waals surface area contributed by atoms with Gasteiger partial charge in [0.25, 0.3) is 5.91 Å². The minimum absolute atomic E-state index is 0.0339. The Hall–Kier alpha value is -3.01. The Morgan fingerprint density at radius 3 is 2.83 bits per heavy atom. The van der Waals surface area contributed by atoms with Crippen molar-refractivity contribution in [2.45, 2.75) is 38.5 Å². The highest BCUT2D eigenvalue weighted by molar-refractivity contribution is 5.96. The van der Waals surface area contributed by atoms with Crippen molar-refractivity contribution in [1.82, 2.24) is 20.0 Å². The summed E-state index contributed by atoms with van der Waals surface area (Å²) in [5.74, 6) is -2.28. The molecular formula is C19H21F2N5O3. The molecule has 0 radical (unpaired) electrons.